The number of nitrogens with zero attached hydrogens (tertiary/aromatic N) is 1. The maximum atomic E-state index is 14.6. The molecule has 4 rings (SSSR count). The number of fused-ring (bicyclic) bond motifs is 1. The zero-order valence-corrected chi connectivity index (χ0v) is 17.8. The number of hydrogen-bond acceptors (Lipinski definition) is 4. The fraction of sp³-hybridized carbons (Fsp3) is 0.0800. The SMILES string of the molecule is O=C(O)Cc1ccc2oc(-c3ccc(NC(=O)C=Cc4ccccc4C(F)(F)F)c(F)c3)nc2c1. The lowest BCUT2D eigenvalue weighted by atomic mass is 10.1. The van der Waals surface area contributed by atoms with Gasteiger partial charge in [0.25, 0.3) is 0 Å². The zero-order chi connectivity index (χ0) is 25.2. The van der Waals surface area contributed by atoms with Gasteiger partial charge in [0.2, 0.25) is 11.8 Å². The summed E-state index contributed by atoms with van der Waals surface area (Å²) in [5.74, 6) is -2.53. The van der Waals surface area contributed by atoms with Crippen molar-refractivity contribution in [2.45, 2.75) is 12.6 Å². The number of carboxylic acids is 1. The van der Waals surface area contributed by atoms with Gasteiger partial charge in [-0.1, -0.05) is 24.3 Å². The Bertz CT molecular complexity index is 1460. The van der Waals surface area contributed by atoms with E-state index in [1.165, 1.54) is 30.3 Å². The second kappa shape index (κ2) is 9.41. The van der Waals surface area contributed by atoms with Crippen molar-refractivity contribution in [2.24, 2.45) is 0 Å². The van der Waals surface area contributed by atoms with Crippen LogP contribution in [-0.2, 0) is 22.2 Å². The molecule has 178 valence electrons. The molecule has 1 aromatic heterocycles. The van der Waals surface area contributed by atoms with Gasteiger partial charge in [-0.2, -0.15) is 13.2 Å². The monoisotopic (exact) mass is 484 g/mol. The molecule has 0 fully saturated rings. The van der Waals surface area contributed by atoms with E-state index in [-0.39, 0.29) is 29.1 Å². The van der Waals surface area contributed by atoms with Crippen LogP contribution in [-0.4, -0.2) is 22.0 Å². The Labute approximate surface area is 195 Å². The van der Waals surface area contributed by atoms with Crippen molar-refractivity contribution in [3.63, 3.8) is 0 Å². The first-order chi connectivity index (χ1) is 16.6. The molecule has 6 nitrogen and oxygen atoms in total. The lowest BCUT2D eigenvalue weighted by molar-refractivity contribution is -0.138. The number of carboxylic acid groups (broad SMARTS) is 1. The molecule has 0 saturated carbocycles. The number of amides is 1. The Morgan fingerprint density at radius 3 is 2.54 bits per heavy atom. The first-order valence-corrected chi connectivity index (χ1v) is 10.2. The summed E-state index contributed by atoms with van der Waals surface area (Å²) in [7, 11) is 0. The molecule has 1 amide bonds. The molecule has 0 radical (unpaired) electrons. The number of rotatable bonds is 6. The minimum atomic E-state index is -4.58. The molecule has 10 heteroatoms. The van der Waals surface area contributed by atoms with E-state index in [0.717, 1.165) is 24.3 Å². The molecule has 0 atom stereocenters. The first kappa shape index (κ1) is 23.7. The standard InChI is InChI=1S/C25H16F4N2O4/c26-18-13-16(24-31-20-11-14(12-23(33)34)5-9-21(20)35-24)6-8-19(18)30-22(32)10-7-15-3-1-2-4-17(15)25(27,28)29/h1-11,13H,12H2,(H,30,32)(H,33,34). The van der Waals surface area contributed by atoms with Crippen LogP contribution in [0.15, 0.2) is 71.2 Å². The summed E-state index contributed by atoms with van der Waals surface area (Å²) in [6.45, 7) is 0. The van der Waals surface area contributed by atoms with Gasteiger partial charge in [-0.3, -0.25) is 9.59 Å². The second-order valence-corrected chi connectivity index (χ2v) is 7.49. The van der Waals surface area contributed by atoms with Crippen LogP contribution in [0.5, 0.6) is 0 Å². The van der Waals surface area contributed by atoms with Crippen molar-refractivity contribution in [2.75, 3.05) is 5.32 Å². The summed E-state index contributed by atoms with van der Waals surface area (Å²) in [6, 6.07) is 13.3. The van der Waals surface area contributed by atoms with Gasteiger partial charge in [-0.25, -0.2) is 9.37 Å². The summed E-state index contributed by atoms with van der Waals surface area (Å²) >= 11 is 0. The highest BCUT2D eigenvalue weighted by atomic mass is 19.4. The van der Waals surface area contributed by atoms with Crippen LogP contribution in [0.4, 0.5) is 23.2 Å². The number of nitrogens with one attached hydrogen (secondary N) is 1. The Morgan fingerprint density at radius 2 is 1.83 bits per heavy atom. The Hall–Kier alpha value is -4.47. The van der Waals surface area contributed by atoms with Gasteiger partial charge in [-0.15, -0.1) is 0 Å². The van der Waals surface area contributed by atoms with Gasteiger partial charge < -0.3 is 14.8 Å². The van der Waals surface area contributed by atoms with Crippen molar-refractivity contribution in [1.29, 1.82) is 0 Å². The summed E-state index contributed by atoms with van der Waals surface area (Å²) < 4.78 is 59.4. The average Bonchev–Trinajstić information content (AvgIpc) is 3.21. The van der Waals surface area contributed by atoms with Gasteiger partial charge in [0, 0.05) is 11.6 Å². The fourth-order valence-electron chi connectivity index (χ4n) is 3.37. The number of carbonyl (C=O) groups is 2. The van der Waals surface area contributed by atoms with Crippen LogP contribution in [0.3, 0.4) is 0 Å². The number of aliphatic carboxylic acids is 1. The summed E-state index contributed by atoms with van der Waals surface area (Å²) in [4.78, 5) is 27.3. The van der Waals surface area contributed by atoms with Gasteiger partial charge in [0.15, 0.2) is 5.58 Å². The molecule has 4 aromatic rings. The fourth-order valence-corrected chi connectivity index (χ4v) is 3.37. The highest BCUT2D eigenvalue weighted by molar-refractivity contribution is 6.02. The number of alkyl halides is 3. The third-order valence-corrected chi connectivity index (χ3v) is 4.96. The van der Waals surface area contributed by atoms with Crippen molar-refractivity contribution < 1.29 is 36.7 Å². The van der Waals surface area contributed by atoms with E-state index >= 15 is 0 Å². The minimum Gasteiger partial charge on any atom is -0.481 e. The maximum Gasteiger partial charge on any atom is 0.416 e. The molecule has 1 heterocycles. The van der Waals surface area contributed by atoms with E-state index in [1.54, 1.807) is 18.2 Å². The van der Waals surface area contributed by atoms with Gasteiger partial charge in [0.05, 0.1) is 17.7 Å². The van der Waals surface area contributed by atoms with E-state index in [4.69, 9.17) is 9.52 Å². The van der Waals surface area contributed by atoms with Crippen LogP contribution in [0, 0.1) is 5.82 Å². The lowest BCUT2D eigenvalue weighted by Crippen LogP contribution is -2.10. The Morgan fingerprint density at radius 1 is 1.06 bits per heavy atom. The van der Waals surface area contributed by atoms with E-state index in [1.807, 2.05) is 0 Å². The van der Waals surface area contributed by atoms with Crippen molar-refractivity contribution >= 4 is 34.7 Å². The molecule has 0 aliphatic heterocycles. The smallest absolute Gasteiger partial charge is 0.416 e. The largest absolute Gasteiger partial charge is 0.481 e. The summed E-state index contributed by atoms with van der Waals surface area (Å²) in [5, 5.41) is 11.2. The molecule has 0 aliphatic rings. The molecule has 0 saturated heterocycles. The molecule has 2 N–H and O–H groups in total. The first-order valence-electron chi connectivity index (χ1n) is 10.2. The molecule has 3 aromatic carbocycles. The van der Waals surface area contributed by atoms with Crippen molar-refractivity contribution in [3.05, 3.63) is 89.2 Å². The number of halogens is 4. The van der Waals surface area contributed by atoms with Gasteiger partial charge >= 0.3 is 12.1 Å². The average molecular weight is 484 g/mol. The number of carbonyl (C=O) groups excluding carboxylic acids is 1. The Kier molecular flexibility index (Phi) is 6.37. The topological polar surface area (TPSA) is 92.4 Å². The lowest BCUT2D eigenvalue weighted by Gasteiger charge is -2.09. The normalized spacial score (nSPS) is 11.8. The predicted octanol–water partition coefficient (Wildman–Crippen LogP) is 5.93. The molecular formula is C25H16F4N2O4. The number of benzene rings is 3. The molecule has 0 bridgehead atoms. The van der Waals surface area contributed by atoms with E-state index in [2.05, 4.69) is 10.3 Å². The van der Waals surface area contributed by atoms with Crippen LogP contribution in [0.25, 0.3) is 28.6 Å². The van der Waals surface area contributed by atoms with E-state index in [9.17, 15) is 27.2 Å². The number of aromatic nitrogens is 1. The third-order valence-electron chi connectivity index (χ3n) is 4.96. The predicted molar refractivity (Wildman–Crippen MR) is 120 cm³/mol. The molecule has 35 heavy (non-hydrogen) atoms. The highest BCUT2D eigenvalue weighted by Gasteiger charge is 2.32. The van der Waals surface area contributed by atoms with Crippen LogP contribution in [0.1, 0.15) is 16.7 Å². The van der Waals surface area contributed by atoms with Crippen molar-refractivity contribution in [1.82, 2.24) is 4.98 Å². The second-order valence-electron chi connectivity index (χ2n) is 7.49. The summed E-state index contributed by atoms with van der Waals surface area (Å²) in [5.41, 5.74) is 0.303. The maximum absolute atomic E-state index is 14.6. The van der Waals surface area contributed by atoms with Crippen LogP contribution < -0.4 is 5.32 Å². The number of oxazole rings is 1. The van der Waals surface area contributed by atoms with E-state index in [0.29, 0.717) is 16.7 Å². The van der Waals surface area contributed by atoms with Crippen LogP contribution >= 0.6 is 0 Å². The summed E-state index contributed by atoms with van der Waals surface area (Å²) in [6.07, 6.45) is -2.88. The van der Waals surface area contributed by atoms with E-state index < -0.39 is 29.4 Å². The Balaban J connectivity index is 1.50. The minimum absolute atomic E-state index is 0.0907. The quantitative estimate of drug-likeness (QED) is 0.261. The third kappa shape index (κ3) is 5.55. The molecule has 0 aliphatic carbocycles. The zero-order valence-electron chi connectivity index (χ0n) is 17.8. The van der Waals surface area contributed by atoms with Gasteiger partial charge in [-0.05, 0) is 53.6 Å². The van der Waals surface area contributed by atoms with Crippen molar-refractivity contribution in [3.8, 4) is 11.5 Å². The number of anilines is 1. The molecule has 0 spiro atoms. The highest BCUT2D eigenvalue weighted by Crippen LogP contribution is 2.32. The molecular weight excluding hydrogens is 468 g/mol. The van der Waals surface area contributed by atoms with Crippen LogP contribution in [0.2, 0.25) is 0 Å². The number of hydrogen-bond donors (Lipinski definition) is 2. The van der Waals surface area contributed by atoms with Gasteiger partial charge in [0.1, 0.15) is 11.3 Å². The molecule has 0 unspecified atom stereocenters.